The average Bonchev–Trinajstić information content (AvgIpc) is 2.59. The van der Waals surface area contributed by atoms with Crippen LogP contribution in [-0.2, 0) is 9.53 Å². The summed E-state index contributed by atoms with van der Waals surface area (Å²) in [7, 11) is 0. The molecular formula is C16H31NO2. The Morgan fingerprint density at radius 1 is 1.16 bits per heavy atom. The topological polar surface area (TPSA) is 38.3 Å². The van der Waals surface area contributed by atoms with Gasteiger partial charge >= 0.3 is 5.97 Å². The van der Waals surface area contributed by atoms with Crippen molar-refractivity contribution in [3.05, 3.63) is 0 Å². The van der Waals surface area contributed by atoms with Gasteiger partial charge in [-0.05, 0) is 45.1 Å². The van der Waals surface area contributed by atoms with Crippen molar-refractivity contribution in [3.8, 4) is 0 Å². The number of nitrogens with one attached hydrogen (secondary N) is 1. The van der Waals surface area contributed by atoms with E-state index in [2.05, 4.69) is 12.2 Å². The van der Waals surface area contributed by atoms with Crippen LogP contribution >= 0.6 is 0 Å². The third-order valence-electron chi connectivity index (χ3n) is 4.13. The minimum Gasteiger partial charge on any atom is -0.466 e. The lowest BCUT2D eigenvalue weighted by Crippen LogP contribution is -2.34. The molecular weight excluding hydrogens is 238 g/mol. The minimum absolute atomic E-state index is 0.0483. The molecule has 1 fully saturated rings. The number of hydrogen-bond acceptors (Lipinski definition) is 3. The van der Waals surface area contributed by atoms with Crippen molar-refractivity contribution in [2.24, 2.45) is 5.92 Å². The Kier molecular flexibility index (Phi) is 8.89. The first-order valence-electron chi connectivity index (χ1n) is 8.13. The standard InChI is InChI=1S/C16H31NO2/c1-3-19-16(18)12-8-5-9-13-17-15-11-7-4-6-10-14(15)2/h14-15,17H,3-13H2,1-2H3. The summed E-state index contributed by atoms with van der Waals surface area (Å²) in [6, 6.07) is 0.715. The summed E-state index contributed by atoms with van der Waals surface area (Å²) in [5, 5.41) is 3.71. The third-order valence-corrected chi connectivity index (χ3v) is 4.13. The molecule has 0 amide bonds. The van der Waals surface area contributed by atoms with Crippen LogP contribution in [0.1, 0.15) is 71.6 Å². The molecule has 1 rings (SSSR count). The van der Waals surface area contributed by atoms with Gasteiger partial charge in [-0.15, -0.1) is 0 Å². The Morgan fingerprint density at radius 3 is 2.74 bits per heavy atom. The van der Waals surface area contributed by atoms with Gasteiger partial charge in [0.05, 0.1) is 6.61 Å². The van der Waals surface area contributed by atoms with E-state index in [4.69, 9.17) is 4.74 Å². The molecule has 1 aliphatic rings. The third kappa shape index (κ3) is 7.56. The van der Waals surface area contributed by atoms with E-state index >= 15 is 0 Å². The highest BCUT2D eigenvalue weighted by Gasteiger charge is 2.18. The first-order chi connectivity index (χ1) is 9.24. The molecule has 0 aromatic carbocycles. The largest absolute Gasteiger partial charge is 0.466 e. The van der Waals surface area contributed by atoms with Gasteiger partial charge in [-0.1, -0.05) is 32.6 Å². The second kappa shape index (κ2) is 10.2. The van der Waals surface area contributed by atoms with Crippen molar-refractivity contribution in [2.75, 3.05) is 13.2 Å². The Morgan fingerprint density at radius 2 is 1.95 bits per heavy atom. The van der Waals surface area contributed by atoms with E-state index in [0.717, 1.165) is 25.3 Å². The lowest BCUT2D eigenvalue weighted by molar-refractivity contribution is -0.143. The van der Waals surface area contributed by atoms with Crippen molar-refractivity contribution in [2.45, 2.75) is 77.7 Å². The van der Waals surface area contributed by atoms with Gasteiger partial charge in [-0.2, -0.15) is 0 Å². The van der Waals surface area contributed by atoms with Crippen LogP contribution in [0.15, 0.2) is 0 Å². The molecule has 2 unspecified atom stereocenters. The molecule has 1 saturated carbocycles. The number of carbonyl (C=O) groups is 1. The zero-order valence-electron chi connectivity index (χ0n) is 12.7. The zero-order chi connectivity index (χ0) is 13.9. The second-order valence-corrected chi connectivity index (χ2v) is 5.79. The van der Waals surface area contributed by atoms with Gasteiger partial charge < -0.3 is 10.1 Å². The summed E-state index contributed by atoms with van der Waals surface area (Å²) in [5.41, 5.74) is 0. The van der Waals surface area contributed by atoms with E-state index in [1.807, 2.05) is 6.92 Å². The minimum atomic E-state index is -0.0483. The molecule has 0 aromatic heterocycles. The second-order valence-electron chi connectivity index (χ2n) is 5.79. The summed E-state index contributed by atoms with van der Waals surface area (Å²) in [6.45, 7) is 5.83. The molecule has 1 aliphatic carbocycles. The molecule has 0 aromatic rings. The van der Waals surface area contributed by atoms with Crippen LogP contribution in [0.25, 0.3) is 0 Å². The van der Waals surface area contributed by atoms with Crippen LogP contribution in [-0.4, -0.2) is 25.2 Å². The fraction of sp³-hybridized carbons (Fsp3) is 0.938. The Balaban J connectivity index is 1.99. The van der Waals surface area contributed by atoms with E-state index in [9.17, 15) is 4.79 Å². The van der Waals surface area contributed by atoms with E-state index in [1.54, 1.807) is 0 Å². The van der Waals surface area contributed by atoms with Crippen LogP contribution in [0, 0.1) is 5.92 Å². The summed E-state index contributed by atoms with van der Waals surface area (Å²) in [4.78, 5) is 11.2. The monoisotopic (exact) mass is 269 g/mol. The molecule has 1 N–H and O–H groups in total. The highest BCUT2D eigenvalue weighted by molar-refractivity contribution is 5.69. The lowest BCUT2D eigenvalue weighted by atomic mass is 9.97. The maximum absolute atomic E-state index is 11.2. The number of rotatable bonds is 8. The maximum Gasteiger partial charge on any atom is 0.305 e. The summed E-state index contributed by atoms with van der Waals surface area (Å²) in [5.74, 6) is 0.773. The van der Waals surface area contributed by atoms with E-state index < -0.39 is 0 Å². The predicted molar refractivity (Wildman–Crippen MR) is 79.1 cm³/mol. The number of unbranched alkanes of at least 4 members (excludes halogenated alkanes) is 2. The zero-order valence-corrected chi connectivity index (χ0v) is 12.7. The van der Waals surface area contributed by atoms with Gasteiger partial charge in [0.1, 0.15) is 0 Å². The SMILES string of the molecule is CCOC(=O)CCCCCNC1CCCCCC1C. The molecule has 2 atom stereocenters. The Bertz CT molecular complexity index is 243. The Hall–Kier alpha value is -0.570. The van der Waals surface area contributed by atoms with Crippen LogP contribution in [0.4, 0.5) is 0 Å². The molecule has 0 aliphatic heterocycles. The number of ether oxygens (including phenoxy) is 1. The van der Waals surface area contributed by atoms with E-state index in [0.29, 0.717) is 19.1 Å². The average molecular weight is 269 g/mol. The van der Waals surface area contributed by atoms with Gasteiger partial charge in [-0.3, -0.25) is 4.79 Å². The molecule has 0 heterocycles. The van der Waals surface area contributed by atoms with Gasteiger partial charge in [0.2, 0.25) is 0 Å². The van der Waals surface area contributed by atoms with Gasteiger partial charge in [-0.25, -0.2) is 0 Å². The van der Waals surface area contributed by atoms with Crippen LogP contribution in [0.2, 0.25) is 0 Å². The molecule has 0 radical (unpaired) electrons. The highest BCUT2D eigenvalue weighted by Crippen LogP contribution is 2.22. The molecule has 3 nitrogen and oxygen atoms in total. The first-order valence-corrected chi connectivity index (χ1v) is 8.13. The fourth-order valence-electron chi connectivity index (χ4n) is 2.89. The van der Waals surface area contributed by atoms with Crippen LogP contribution in [0.5, 0.6) is 0 Å². The molecule has 112 valence electrons. The summed E-state index contributed by atoms with van der Waals surface area (Å²) in [6.07, 6.45) is 10.7. The maximum atomic E-state index is 11.2. The number of hydrogen-bond donors (Lipinski definition) is 1. The first kappa shape index (κ1) is 16.5. The highest BCUT2D eigenvalue weighted by atomic mass is 16.5. The molecule has 0 spiro atoms. The van der Waals surface area contributed by atoms with Crippen molar-refractivity contribution < 1.29 is 9.53 Å². The quantitative estimate of drug-likeness (QED) is 0.415. The van der Waals surface area contributed by atoms with E-state index in [1.165, 1.54) is 38.5 Å². The van der Waals surface area contributed by atoms with Crippen molar-refractivity contribution >= 4 is 5.97 Å². The van der Waals surface area contributed by atoms with E-state index in [-0.39, 0.29) is 5.97 Å². The van der Waals surface area contributed by atoms with Crippen molar-refractivity contribution in [1.82, 2.24) is 5.32 Å². The smallest absolute Gasteiger partial charge is 0.305 e. The van der Waals surface area contributed by atoms with Crippen molar-refractivity contribution in [3.63, 3.8) is 0 Å². The van der Waals surface area contributed by atoms with Gasteiger partial charge in [0.15, 0.2) is 0 Å². The van der Waals surface area contributed by atoms with Gasteiger partial charge in [0, 0.05) is 12.5 Å². The van der Waals surface area contributed by atoms with Crippen LogP contribution in [0.3, 0.4) is 0 Å². The molecule has 0 bridgehead atoms. The normalized spacial score (nSPS) is 23.9. The molecule has 3 heteroatoms. The predicted octanol–water partition coefficient (Wildman–Crippen LogP) is 3.67. The number of esters is 1. The summed E-state index contributed by atoms with van der Waals surface area (Å²) >= 11 is 0. The van der Waals surface area contributed by atoms with Gasteiger partial charge in [0.25, 0.3) is 0 Å². The molecule has 0 saturated heterocycles. The summed E-state index contributed by atoms with van der Waals surface area (Å²) < 4.78 is 4.92. The lowest BCUT2D eigenvalue weighted by Gasteiger charge is -2.22. The number of carbonyl (C=O) groups excluding carboxylic acids is 1. The molecule has 19 heavy (non-hydrogen) atoms. The van der Waals surface area contributed by atoms with Crippen molar-refractivity contribution in [1.29, 1.82) is 0 Å². The Labute approximate surface area is 118 Å². The fourth-order valence-corrected chi connectivity index (χ4v) is 2.89. The van der Waals surface area contributed by atoms with Crippen LogP contribution < -0.4 is 5.32 Å².